The monoisotopic (exact) mass is 256 g/mol. The highest BCUT2D eigenvalue weighted by Crippen LogP contribution is 2.17. The molecular formula is C14H28N2O2. The van der Waals surface area contributed by atoms with Crippen LogP contribution in [0.5, 0.6) is 0 Å². The van der Waals surface area contributed by atoms with E-state index in [0.717, 1.165) is 45.3 Å². The molecule has 1 fully saturated rings. The van der Waals surface area contributed by atoms with Crippen LogP contribution in [-0.2, 0) is 4.74 Å². The molecule has 0 saturated carbocycles. The first-order valence-electron chi connectivity index (χ1n) is 7.14. The van der Waals surface area contributed by atoms with E-state index in [1.54, 1.807) is 0 Å². The van der Waals surface area contributed by atoms with E-state index in [9.17, 15) is 4.79 Å². The van der Waals surface area contributed by atoms with Crippen LogP contribution in [0.4, 0.5) is 4.79 Å². The standard InChI is InChI=1S/C14H28N2O2/c1-5-6-11-16(12-7-9-15-10-8-12)13(17)18-14(2,3)4/h12,15H,5-11H2,1-4H3. The predicted octanol–water partition coefficient (Wildman–Crippen LogP) is 2.78. The third-order valence-corrected chi connectivity index (χ3v) is 3.13. The smallest absolute Gasteiger partial charge is 0.410 e. The second-order valence-electron chi connectivity index (χ2n) is 6.01. The Morgan fingerprint density at radius 1 is 1.33 bits per heavy atom. The number of hydrogen-bond donors (Lipinski definition) is 1. The zero-order valence-corrected chi connectivity index (χ0v) is 12.3. The van der Waals surface area contributed by atoms with Gasteiger partial charge in [0, 0.05) is 12.6 Å². The Morgan fingerprint density at radius 3 is 2.44 bits per heavy atom. The maximum Gasteiger partial charge on any atom is 0.410 e. The summed E-state index contributed by atoms with van der Waals surface area (Å²) in [6, 6.07) is 0.340. The number of nitrogens with zero attached hydrogens (tertiary/aromatic N) is 1. The van der Waals surface area contributed by atoms with E-state index < -0.39 is 5.60 Å². The van der Waals surface area contributed by atoms with Crippen molar-refractivity contribution in [2.45, 2.75) is 65.0 Å². The van der Waals surface area contributed by atoms with Gasteiger partial charge in [0.2, 0.25) is 0 Å². The average Bonchev–Trinajstić information content (AvgIpc) is 2.28. The van der Waals surface area contributed by atoms with Crippen LogP contribution >= 0.6 is 0 Å². The highest BCUT2D eigenvalue weighted by Gasteiger charge is 2.28. The van der Waals surface area contributed by atoms with Gasteiger partial charge in [-0.2, -0.15) is 0 Å². The summed E-state index contributed by atoms with van der Waals surface area (Å²) in [4.78, 5) is 14.2. The summed E-state index contributed by atoms with van der Waals surface area (Å²) in [6.07, 6.45) is 4.06. The Balaban J connectivity index is 2.60. The van der Waals surface area contributed by atoms with Crippen molar-refractivity contribution in [1.29, 1.82) is 0 Å². The molecule has 0 spiro atoms. The molecule has 4 nitrogen and oxygen atoms in total. The molecule has 1 rings (SSSR count). The molecule has 1 aliphatic heterocycles. The minimum atomic E-state index is -0.408. The molecule has 1 amide bonds. The van der Waals surface area contributed by atoms with E-state index in [1.807, 2.05) is 25.7 Å². The summed E-state index contributed by atoms with van der Waals surface area (Å²) in [7, 11) is 0. The molecular weight excluding hydrogens is 228 g/mol. The second kappa shape index (κ2) is 6.98. The van der Waals surface area contributed by atoms with Gasteiger partial charge in [-0.05, 0) is 53.1 Å². The van der Waals surface area contributed by atoms with Crippen LogP contribution in [0, 0.1) is 0 Å². The highest BCUT2D eigenvalue weighted by molar-refractivity contribution is 5.68. The lowest BCUT2D eigenvalue weighted by atomic mass is 10.0. The number of ether oxygens (including phenoxy) is 1. The Bertz CT molecular complexity index is 255. The molecule has 1 saturated heterocycles. The first-order valence-corrected chi connectivity index (χ1v) is 7.14. The molecule has 18 heavy (non-hydrogen) atoms. The van der Waals surface area contributed by atoms with E-state index in [2.05, 4.69) is 12.2 Å². The lowest BCUT2D eigenvalue weighted by Crippen LogP contribution is -2.48. The van der Waals surface area contributed by atoms with E-state index >= 15 is 0 Å². The van der Waals surface area contributed by atoms with Crippen molar-refractivity contribution >= 4 is 6.09 Å². The van der Waals surface area contributed by atoms with Crippen molar-refractivity contribution in [2.24, 2.45) is 0 Å². The fourth-order valence-corrected chi connectivity index (χ4v) is 2.19. The average molecular weight is 256 g/mol. The molecule has 0 bridgehead atoms. The van der Waals surface area contributed by atoms with Crippen molar-refractivity contribution in [3.8, 4) is 0 Å². The molecule has 0 aliphatic carbocycles. The maximum absolute atomic E-state index is 12.2. The highest BCUT2D eigenvalue weighted by atomic mass is 16.6. The Hall–Kier alpha value is -0.770. The summed E-state index contributed by atoms with van der Waals surface area (Å²) < 4.78 is 5.52. The van der Waals surface area contributed by atoms with E-state index in [-0.39, 0.29) is 6.09 Å². The van der Waals surface area contributed by atoms with E-state index in [0.29, 0.717) is 6.04 Å². The van der Waals surface area contributed by atoms with Crippen molar-refractivity contribution in [3.63, 3.8) is 0 Å². The number of carbonyl (C=O) groups is 1. The number of nitrogens with one attached hydrogen (secondary N) is 1. The number of unbranched alkanes of at least 4 members (excludes halogenated alkanes) is 1. The zero-order chi connectivity index (χ0) is 13.6. The lowest BCUT2D eigenvalue weighted by molar-refractivity contribution is 0.0126. The van der Waals surface area contributed by atoms with Gasteiger partial charge in [-0.1, -0.05) is 13.3 Å². The van der Waals surface area contributed by atoms with Gasteiger partial charge in [-0.15, -0.1) is 0 Å². The first-order chi connectivity index (χ1) is 8.44. The molecule has 1 aliphatic rings. The number of rotatable bonds is 4. The van der Waals surface area contributed by atoms with Gasteiger partial charge in [0.05, 0.1) is 0 Å². The van der Waals surface area contributed by atoms with E-state index in [4.69, 9.17) is 4.74 Å². The molecule has 0 unspecified atom stereocenters. The molecule has 106 valence electrons. The predicted molar refractivity (Wildman–Crippen MR) is 73.7 cm³/mol. The van der Waals surface area contributed by atoms with Gasteiger partial charge in [0.1, 0.15) is 5.60 Å². The second-order valence-corrected chi connectivity index (χ2v) is 6.01. The summed E-state index contributed by atoms with van der Waals surface area (Å²) >= 11 is 0. The normalized spacial score (nSPS) is 17.6. The third-order valence-electron chi connectivity index (χ3n) is 3.13. The molecule has 0 aromatic carbocycles. The van der Waals surface area contributed by atoms with Crippen LogP contribution in [0.2, 0.25) is 0 Å². The van der Waals surface area contributed by atoms with Crippen LogP contribution in [-0.4, -0.2) is 42.3 Å². The number of piperidine rings is 1. The number of carbonyl (C=O) groups excluding carboxylic acids is 1. The fraction of sp³-hybridized carbons (Fsp3) is 0.929. The third kappa shape index (κ3) is 5.25. The number of hydrogen-bond acceptors (Lipinski definition) is 3. The minimum Gasteiger partial charge on any atom is -0.444 e. The van der Waals surface area contributed by atoms with Crippen LogP contribution < -0.4 is 5.32 Å². The van der Waals surface area contributed by atoms with Gasteiger partial charge >= 0.3 is 6.09 Å². The van der Waals surface area contributed by atoms with Crippen LogP contribution in [0.25, 0.3) is 0 Å². The molecule has 0 aromatic rings. The summed E-state index contributed by atoms with van der Waals surface area (Å²) in [5.41, 5.74) is -0.408. The molecule has 0 atom stereocenters. The molecule has 0 aromatic heterocycles. The van der Waals surface area contributed by atoms with Crippen molar-refractivity contribution in [2.75, 3.05) is 19.6 Å². The quantitative estimate of drug-likeness (QED) is 0.841. The van der Waals surface area contributed by atoms with Gasteiger partial charge < -0.3 is 15.0 Å². The fourth-order valence-electron chi connectivity index (χ4n) is 2.19. The Labute approximate surface area is 111 Å². The van der Waals surface area contributed by atoms with Crippen molar-refractivity contribution in [3.05, 3.63) is 0 Å². The molecule has 0 radical (unpaired) electrons. The Morgan fingerprint density at radius 2 is 1.94 bits per heavy atom. The largest absolute Gasteiger partial charge is 0.444 e. The summed E-state index contributed by atoms with van der Waals surface area (Å²) in [6.45, 7) is 10.7. The van der Waals surface area contributed by atoms with Crippen LogP contribution in [0.1, 0.15) is 53.4 Å². The topological polar surface area (TPSA) is 41.6 Å². The molecule has 4 heteroatoms. The Kier molecular flexibility index (Phi) is 5.93. The van der Waals surface area contributed by atoms with Gasteiger partial charge in [0.15, 0.2) is 0 Å². The van der Waals surface area contributed by atoms with Crippen molar-refractivity contribution in [1.82, 2.24) is 10.2 Å². The van der Waals surface area contributed by atoms with Gasteiger partial charge in [-0.3, -0.25) is 0 Å². The maximum atomic E-state index is 12.2. The van der Waals surface area contributed by atoms with Gasteiger partial charge in [0.25, 0.3) is 0 Å². The SMILES string of the molecule is CCCCN(C(=O)OC(C)(C)C)C1CCNCC1. The van der Waals surface area contributed by atoms with Crippen molar-refractivity contribution < 1.29 is 9.53 Å². The first kappa shape index (κ1) is 15.3. The molecule has 1 heterocycles. The minimum absolute atomic E-state index is 0.150. The lowest BCUT2D eigenvalue weighted by Gasteiger charge is -2.35. The zero-order valence-electron chi connectivity index (χ0n) is 12.3. The van der Waals surface area contributed by atoms with Gasteiger partial charge in [-0.25, -0.2) is 4.79 Å². The van der Waals surface area contributed by atoms with E-state index in [1.165, 1.54) is 0 Å². The van der Waals surface area contributed by atoms with Crippen LogP contribution in [0.3, 0.4) is 0 Å². The summed E-state index contributed by atoms with van der Waals surface area (Å²) in [5.74, 6) is 0. The van der Waals surface area contributed by atoms with Crippen LogP contribution in [0.15, 0.2) is 0 Å². The summed E-state index contributed by atoms with van der Waals surface area (Å²) in [5, 5.41) is 3.33. The molecule has 1 N–H and O–H groups in total. The number of amides is 1.